The molecule has 1 aromatic carbocycles. The van der Waals surface area contributed by atoms with Gasteiger partial charge in [-0.15, -0.1) is 0 Å². The minimum atomic E-state index is -4.56. The van der Waals surface area contributed by atoms with E-state index in [0.717, 1.165) is 11.4 Å². The zero-order valence-corrected chi connectivity index (χ0v) is 13.2. The number of alkyl halides is 3. The van der Waals surface area contributed by atoms with Crippen molar-refractivity contribution in [1.29, 1.82) is 0 Å². The van der Waals surface area contributed by atoms with Crippen molar-refractivity contribution in [2.45, 2.75) is 37.7 Å². The summed E-state index contributed by atoms with van der Waals surface area (Å²) in [5, 5.41) is 9.73. The maximum Gasteiger partial charge on any atom is 0.417 e. The Labute approximate surface area is 138 Å². The Morgan fingerprint density at radius 3 is 2.38 bits per heavy atom. The van der Waals surface area contributed by atoms with Gasteiger partial charge in [0.05, 0.1) is 6.54 Å². The van der Waals surface area contributed by atoms with E-state index in [0.29, 0.717) is 13.1 Å². The molecule has 0 unspecified atom stereocenters. The van der Waals surface area contributed by atoms with Crippen LogP contribution in [0.5, 0.6) is 0 Å². The third-order valence-corrected chi connectivity index (χ3v) is 4.57. The molecule has 0 aliphatic carbocycles. The molecule has 0 amide bonds. The second-order valence-corrected chi connectivity index (χ2v) is 6.26. The van der Waals surface area contributed by atoms with Crippen molar-refractivity contribution in [1.82, 2.24) is 14.5 Å². The second-order valence-electron chi connectivity index (χ2n) is 6.26. The molecule has 3 rings (SSSR count). The van der Waals surface area contributed by atoms with Crippen molar-refractivity contribution in [3.05, 3.63) is 54.1 Å². The zero-order valence-electron chi connectivity index (χ0n) is 13.2. The van der Waals surface area contributed by atoms with E-state index in [2.05, 4.69) is 4.98 Å². The largest absolute Gasteiger partial charge is 0.417 e. The summed E-state index contributed by atoms with van der Waals surface area (Å²) in [6, 6.07) is 9.93. The molecule has 1 fully saturated rings. The molecule has 0 saturated carbocycles. The molecule has 1 N–H and O–H groups in total. The van der Waals surface area contributed by atoms with Crippen molar-refractivity contribution < 1.29 is 18.3 Å². The molecule has 24 heavy (non-hydrogen) atoms. The Kier molecular flexibility index (Phi) is 4.64. The average molecular weight is 339 g/mol. The van der Waals surface area contributed by atoms with Gasteiger partial charge in [0.2, 0.25) is 0 Å². The normalized spacial score (nSPS) is 18.7. The standard InChI is InChI=1S/C17H20F3N3O/c18-17(19,20)16(24)6-9-22(10-7-16)13-15-21-8-11-23(15)12-14-4-2-1-3-5-14/h1-5,8,11,24H,6-7,9-10,12-13H2. The third kappa shape index (κ3) is 3.62. The van der Waals surface area contributed by atoms with Crippen LogP contribution in [0.1, 0.15) is 24.2 Å². The second kappa shape index (κ2) is 6.57. The number of aliphatic hydroxyl groups is 1. The van der Waals surface area contributed by atoms with E-state index in [-0.39, 0.29) is 25.9 Å². The number of hydrogen-bond donors (Lipinski definition) is 1. The van der Waals surface area contributed by atoms with Crippen LogP contribution in [-0.4, -0.2) is 44.4 Å². The monoisotopic (exact) mass is 339 g/mol. The Morgan fingerprint density at radius 2 is 1.75 bits per heavy atom. The van der Waals surface area contributed by atoms with Gasteiger partial charge in [0, 0.05) is 32.0 Å². The Balaban J connectivity index is 1.61. The van der Waals surface area contributed by atoms with Gasteiger partial charge in [0.15, 0.2) is 5.60 Å². The number of benzene rings is 1. The first kappa shape index (κ1) is 17.0. The van der Waals surface area contributed by atoms with Crippen molar-refractivity contribution in [2.75, 3.05) is 13.1 Å². The van der Waals surface area contributed by atoms with Gasteiger partial charge in [0.25, 0.3) is 0 Å². The van der Waals surface area contributed by atoms with E-state index in [1.807, 2.05) is 46.0 Å². The molecular weight excluding hydrogens is 319 g/mol. The van der Waals surface area contributed by atoms with Crippen LogP contribution in [0, 0.1) is 0 Å². The number of nitrogens with zero attached hydrogens (tertiary/aromatic N) is 3. The molecular formula is C17H20F3N3O. The van der Waals surface area contributed by atoms with Crippen LogP contribution in [0.15, 0.2) is 42.7 Å². The number of likely N-dealkylation sites (tertiary alicyclic amines) is 1. The van der Waals surface area contributed by atoms with E-state index in [1.54, 1.807) is 6.20 Å². The highest BCUT2D eigenvalue weighted by Gasteiger charge is 2.54. The lowest BCUT2D eigenvalue weighted by Crippen LogP contribution is -2.53. The van der Waals surface area contributed by atoms with E-state index >= 15 is 0 Å². The van der Waals surface area contributed by atoms with Crippen molar-refractivity contribution >= 4 is 0 Å². The number of imidazole rings is 1. The summed E-state index contributed by atoms with van der Waals surface area (Å²) in [6.07, 6.45) is -1.58. The van der Waals surface area contributed by atoms with Gasteiger partial charge in [-0.25, -0.2) is 4.98 Å². The van der Waals surface area contributed by atoms with Crippen molar-refractivity contribution in [3.63, 3.8) is 0 Å². The SMILES string of the molecule is OC1(C(F)(F)F)CCN(Cc2nccn2Cc2ccccc2)CC1. The number of rotatable bonds is 4. The van der Waals surface area contributed by atoms with E-state index in [1.165, 1.54) is 0 Å². The molecule has 2 aromatic rings. The van der Waals surface area contributed by atoms with Crippen LogP contribution in [0.2, 0.25) is 0 Å². The summed E-state index contributed by atoms with van der Waals surface area (Å²) in [5.41, 5.74) is -1.41. The summed E-state index contributed by atoms with van der Waals surface area (Å²) in [4.78, 5) is 6.23. The Bertz CT molecular complexity index is 661. The third-order valence-electron chi connectivity index (χ3n) is 4.57. The summed E-state index contributed by atoms with van der Waals surface area (Å²) < 4.78 is 40.6. The van der Waals surface area contributed by atoms with Gasteiger partial charge < -0.3 is 9.67 Å². The quantitative estimate of drug-likeness (QED) is 0.931. The molecule has 7 heteroatoms. The minimum Gasteiger partial charge on any atom is -0.380 e. The van der Waals surface area contributed by atoms with Crippen LogP contribution in [0.4, 0.5) is 13.2 Å². The van der Waals surface area contributed by atoms with Gasteiger partial charge in [-0.2, -0.15) is 13.2 Å². The predicted molar refractivity (Wildman–Crippen MR) is 83.3 cm³/mol. The molecule has 1 aliphatic heterocycles. The van der Waals surface area contributed by atoms with Gasteiger partial charge in [-0.1, -0.05) is 30.3 Å². The fourth-order valence-electron chi connectivity index (χ4n) is 2.98. The van der Waals surface area contributed by atoms with E-state index < -0.39 is 11.8 Å². The molecule has 1 aliphatic rings. The molecule has 0 spiro atoms. The topological polar surface area (TPSA) is 41.3 Å². The minimum absolute atomic E-state index is 0.203. The lowest BCUT2D eigenvalue weighted by atomic mass is 9.91. The first-order chi connectivity index (χ1) is 11.4. The summed E-state index contributed by atoms with van der Waals surface area (Å²) in [7, 11) is 0. The van der Waals surface area contributed by atoms with E-state index in [4.69, 9.17) is 0 Å². The van der Waals surface area contributed by atoms with Gasteiger partial charge in [0.1, 0.15) is 5.82 Å². The molecule has 130 valence electrons. The fraction of sp³-hybridized carbons (Fsp3) is 0.471. The smallest absolute Gasteiger partial charge is 0.380 e. The molecule has 0 atom stereocenters. The van der Waals surface area contributed by atoms with Crippen molar-refractivity contribution in [2.24, 2.45) is 0 Å². The van der Waals surface area contributed by atoms with Crippen LogP contribution >= 0.6 is 0 Å². The Morgan fingerprint density at radius 1 is 1.08 bits per heavy atom. The van der Waals surface area contributed by atoms with Crippen LogP contribution in [0.3, 0.4) is 0 Å². The maximum absolute atomic E-state index is 12.9. The summed E-state index contributed by atoms with van der Waals surface area (Å²) in [5.74, 6) is 0.816. The molecule has 1 aromatic heterocycles. The molecule has 4 nitrogen and oxygen atoms in total. The molecule has 1 saturated heterocycles. The summed E-state index contributed by atoms with van der Waals surface area (Å²) >= 11 is 0. The van der Waals surface area contributed by atoms with Gasteiger partial charge in [-0.05, 0) is 18.4 Å². The Hall–Kier alpha value is -1.86. The lowest BCUT2D eigenvalue weighted by Gasteiger charge is -2.38. The lowest BCUT2D eigenvalue weighted by molar-refractivity contribution is -0.273. The highest BCUT2D eigenvalue weighted by molar-refractivity contribution is 5.15. The zero-order chi connectivity index (χ0) is 17.2. The van der Waals surface area contributed by atoms with Gasteiger partial charge >= 0.3 is 6.18 Å². The van der Waals surface area contributed by atoms with Gasteiger partial charge in [-0.3, -0.25) is 4.90 Å². The van der Waals surface area contributed by atoms with Crippen LogP contribution < -0.4 is 0 Å². The fourth-order valence-corrected chi connectivity index (χ4v) is 2.98. The molecule has 0 radical (unpaired) electrons. The first-order valence-electron chi connectivity index (χ1n) is 7.93. The number of piperidine rings is 1. The molecule has 0 bridgehead atoms. The molecule has 2 heterocycles. The predicted octanol–water partition coefficient (Wildman–Crippen LogP) is 2.82. The van der Waals surface area contributed by atoms with Crippen molar-refractivity contribution in [3.8, 4) is 0 Å². The number of halogens is 3. The van der Waals surface area contributed by atoms with Crippen LogP contribution in [-0.2, 0) is 13.1 Å². The maximum atomic E-state index is 12.9. The summed E-state index contributed by atoms with van der Waals surface area (Å²) in [6.45, 7) is 1.56. The number of aromatic nitrogens is 2. The van der Waals surface area contributed by atoms with E-state index in [9.17, 15) is 18.3 Å². The number of hydrogen-bond acceptors (Lipinski definition) is 3. The first-order valence-corrected chi connectivity index (χ1v) is 7.93. The highest BCUT2D eigenvalue weighted by Crippen LogP contribution is 2.38. The van der Waals surface area contributed by atoms with Crippen LogP contribution in [0.25, 0.3) is 0 Å². The highest BCUT2D eigenvalue weighted by atomic mass is 19.4. The average Bonchev–Trinajstić information content (AvgIpc) is 2.97.